The number of hydrogen-bond acceptors (Lipinski definition) is 8. The molecule has 4 atom stereocenters. The summed E-state index contributed by atoms with van der Waals surface area (Å²) < 4.78 is 53.3. The molecule has 2 rings (SSSR count). The molecular weight excluding hydrogens is 522 g/mol. The van der Waals surface area contributed by atoms with Gasteiger partial charge in [0.05, 0.1) is 8.78 Å². The molecule has 37 heavy (non-hydrogen) atoms. The van der Waals surface area contributed by atoms with Crippen molar-refractivity contribution in [2.75, 3.05) is 13.1 Å². The van der Waals surface area contributed by atoms with Crippen molar-refractivity contribution in [3.05, 3.63) is 30.3 Å². The fraction of sp³-hybridized carbons (Fsp3) is 0.625. The van der Waals surface area contributed by atoms with Crippen LogP contribution in [-0.4, -0.2) is 71.4 Å². The molecule has 1 fully saturated rings. The first-order valence-electron chi connectivity index (χ1n) is 12.9. The monoisotopic (exact) mass is 561 g/mol. The van der Waals surface area contributed by atoms with Gasteiger partial charge in [-0.3, -0.25) is 14.1 Å². The van der Waals surface area contributed by atoms with E-state index >= 15 is 0 Å². The summed E-state index contributed by atoms with van der Waals surface area (Å²) in [7, 11) is -5.00. The molecule has 0 saturated carbocycles. The van der Waals surface area contributed by atoms with Crippen LogP contribution in [0.4, 0.5) is 4.79 Å². The van der Waals surface area contributed by atoms with E-state index in [1.54, 1.807) is 52.0 Å². The van der Waals surface area contributed by atoms with Crippen LogP contribution in [0.2, 0.25) is 0 Å². The number of aliphatic hydroxyl groups excluding tert-OH is 1. The van der Waals surface area contributed by atoms with Crippen molar-refractivity contribution in [2.45, 2.75) is 74.1 Å². The number of amides is 3. The van der Waals surface area contributed by atoms with Crippen LogP contribution in [0.5, 0.6) is 0 Å². The van der Waals surface area contributed by atoms with Gasteiger partial charge in [-0.05, 0) is 51.2 Å². The molecule has 0 bridgehead atoms. The highest BCUT2D eigenvalue weighted by Gasteiger charge is 2.38. The van der Waals surface area contributed by atoms with E-state index in [2.05, 4.69) is 16.0 Å². The lowest BCUT2D eigenvalue weighted by Crippen LogP contribution is -2.55. The minimum absolute atomic E-state index is 0.0602. The highest BCUT2D eigenvalue weighted by molar-refractivity contribution is 8.00. The van der Waals surface area contributed by atoms with Crippen LogP contribution in [0.3, 0.4) is 0 Å². The zero-order valence-corrected chi connectivity index (χ0v) is 22.9. The minimum Gasteiger partial charge on any atom is -0.448 e. The fourth-order valence-electron chi connectivity index (χ4n) is 3.76. The number of carbonyl (C=O) groups is 3. The van der Waals surface area contributed by atoms with E-state index in [0.717, 1.165) is 16.7 Å². The lowest BCUT2D eigenvalue weighted by atomic mass is 9.97. The summed E-state index contributed by atoms with van der Waals surface area (Å²) in [5, 5.41) is 17.4. The van der Waals surface area contributed by atoms with Gasteiger partial charge in [0.1, 0.15) is 12.6 Å². The number of benzene rings is 1. The fourth-order valence-corrected chi connectivity index (χ4v) is 5.32. The summed E-state index contributed by atoms with van der Waals surface area (Å²) in [6.07, 6.45) is -1.09. The molecule has 1 aromatic carbocycles. The molecule has 1 aliphatic rings. The van der Waals surface area contributed by atoms with Crippen LogP contribution in [-0.2, 0) is 24.4 Å². The van der Waals surface area contributed by atoms with Crippen molar-refractivity contribution < 1.29 is 39.9 Å². The first-order chi connectivity index (χ1) is 17.9. The van der Waals surface area contributed by atoms with Crippen LogP contribution in [0, 0.1) is 11.8 Å². The highest BCUT2D eigenvalue weighted by atomic mass is 32.2. The smallest absolute Gasteiger partial charge is 0.407 e. The summed E-state index contributed by atoms with van der Waals surface area (Å²) >= 11 is 1.16. The molecule has 208 valence electrons. The topological polar surface area (TPSA) is 171 Å². The number of ether oxygens (including phenoxy) is 1. The molecule has 3 amide bonds. The molecule has 0 aromatic heterocycles. The Labute approximate surface area is 225 Å². The van der Waals surface area contributed by atoms with Gasteiger partial charge in [0.2, 0.25) is 17.3 Å². The zero-order chi connectivity index (χ0) is 29.6. The van der Waals surface area contributed by atoms with Crippen molar-refractivity contribution in [3.8, 4) is 0 Å². The molecule has 11 nitrogen and oxygen atoms in total. The van der Waals surface area contributed by atoms with Crippen molar-refractivity contribution in [1.29, 1.82) is 0 Å². The number of carbonyl (C=O) groups excluding carboxylic acids is 3. The van der Waals surface area contributed by atoms with E-state index in [-0.39, 0.29) is 24.7 Å². The number of hydrogen-bond donors (Lipinski definition) is 5. The highest BCUT2D eigenvalue weighted by Crippen LogP contribution is 2.32. The van der Waals surface area contributed by atoms with E-state index < -0.39 is 56.9 Å². The Hall–Kier alpha value is -2.35. The third kappa shape index (κ3) is 10.5. The van der Waals surface area contributed by atoms with E-state index in [4.69, 9.17) is 7.48 Å². The molecule has 5 N–H and O–H groups in total. The van der Waals surface area contributed by atoms with E-state index in [1.165, 1.54) is 0 Å². The maximum atomic E-state index is 13.1. The van der Waals surface area contributed by atoms with Gasteiger partial charge >= 0.3 is 6.09 Å². The lowest BCUT2D eigenvalue weighted by molar-refractivity contribution is -0.126. The molecule has 1 aromatic rings. The molecule has 1 aliphatic heterocycles. The lowest BCUT2D eigenvalue weighted by Gasteiger charge is -2.28. The van der Waals surface area contributed by atoms with Crippen LogP contribution in [0.1, 0.15) is 49.7 Å². The molecule has 0 spiro atoms. The number of thioether (sulfide) groups is 1. The maximum absolute atomic E-state index is 13.1. The quantitative estimate of drug-likeness (QED) is 0.178. The SMILES string of the molecule is [2H]C([2H])(OC(=O)N[C@@H](CC(C)C)C(=O)N[C@@H](C[C@@H]1CCNC1=O)C(O)S(=O)(=O)O)C(C)(C)Sc1ccccc1. The Morgan fingerprint density at radius 2 is 1.92 bits per heavy atom. The molecular formula is C24H37N3O8S2. The summed E-state index contributed by atoms with van der Waals surface area (Å²) in [6, 6.07) is 6.13. The van der Waals surface area contributed by atoms with E-state index in [9.17, 15) is 32.5 Å². The van der Waals surface area contributed by atoms with Crippen molar-refractivity contribution >= 4 is 39.8 Å². The Morgan fingerprint density at radius 3 is 2.46 bits per heavy atom. The van der Waals surface area contributed by atoms with Gasteiger partial charge in [0, 0.05) is 22.1 Å². The average molecular weight is 562 g/mol. The second-order valence-corrected chi connectivity index (χ2v) is 13.0. The first-order valence-corrected chi connectivity index (χ1v) is 14.2. The van der Waals surface area contributed by atoms with Gasteiger partial charge in [-0.25, -0.2) is 4.79 Å². The van der Waals surface area contributed by atoms with E-state index in [0.29, 0.717) is 13.0 Å². The van der Waals surface area contributed by atoms with Crippen LogP contribution < -0.4 is 16.0 Å². The summed E-state index contributed by atoms with van der Waals surface area (Å²) in [5.41, 5.74) is -2.41. The Balaban J connectivity index is 2.16. The molecule has 1 heterocycles. The summed E-state index contributed by atoms with van der Waals surface area (Å²) in [4.78, 5) is 38.7. The van der Waals surface area contributed by atoms with Gasteiger partial charge in [0.25, 0.3) is 10.1 Å². The summed E-state index contributed by atoms with van der Waals surface area (Å²) in [5.74, 6) is -2.13. The van der Waals surface area contributed by atoms with Gasteiger partial charge in [-0.2, -0.15) is 8.42 Å². The molecule has 1 unspecified atom stereocenters. The van der Waals surface area contributed by atoms with Gasteiger partial charge in [-0.15, -0.1) is 11.8 Å². The Kier molecular flexibility index (Phi) is 10.1. The van der Waals surface area contributed by atoms with Gasteiger partial charge in [0.15, 0.2) is 0 Å². The predicted octanol–water partition coefficient (Wildman–Crippen LogP) is 1.92. The standard InChI is InChI=1S/C24H37N3O8S2/c1-15(2)12-18(27-23(31)35-14-24(3,4)36-17-8-6-5-7-9-17)21(29)26-19(22(30)37(32,33)34)13-16-10-11-25-20(16)28/h5-9,15-16,18-19,22,30H,10-14H2,1-4H3,(H,25,28)(H,26,29)(H,27,31)(H,32,33,34)/t16-,18-,19-,22?/m0/s1/i14D2. The molecule has 13 heteroatoms. The molecule has 0 aliphatic carbocycles. The Morgan fingerprint density at radius 1 is 1.27 bits per heavy atom. The normalized spacial score (nSPS) is 19.8. The van der Waals surface area contributed by atoms with Crippen molar-refractivity contribution in [1.82, 2.24) is 16.0 Å². The van der Waals surface area contributed by atoms with Gasteiger partial charge < -0.3 is 25.8 Å². The van der Waals surface area contributed by atoms with Crippen LogP contribution in [0.15, 0.2) is 35.2 Å². The minimum atomic E-state index is -5.00. The van der Waals surface area contributed by atoms with Crippen LogP contribution >= 0.6 is 11.8 Å². The number of rotatable bonds is 13. The summed E-state index contributed by atoms with van der Waals surface area (Å²) in [6.45, 7) is 4.53. The third-order valence-corrected chi connectivity index (χ3v) is 7.54. The second-order valence-electron chi connectivity index (χ2n) is 9.78. The second kappa shape index (κ2) is 13.4. The van der Waals surface area contributed by atoms with Crippen molar-refractivity contribution in [2.24, 2.45) is 11.8 Å². The van der Waals surface area contributed by atoms with Crippen molar-refractivity contribution in [3.63, 3.8) is 0 Å². The number of alkyl carbamates (subject to hydrolysis) is 1. The van der Waals surface area contributed by atoms with Gasteiger partial charge in [-0.1, -0.05) is 32.0 Å². The molecule has 1 saturated heterocycles. The average Bonchev–Trinajstić information content (AvgIpc) is 3.20. The number of nitrogens with one attached hydrogen (secondary N) is 3. The number of aliphatic hydroxyl groups is 1. The molecule has 0 radical (unpaired) electrons. The first kappa shape index (κ1) is 27.7. The third-order valence-electron chi connectivity index (χ3n) is 5.50. The zero-order valence-electron chi connectivity index (χ0n) is 23.3. The maximum Gasteiger partial charge on any atom is 0.407 e. The van der Waals surface area contributed by atoms with E-state index in [1.807, 2.05) is 6.07 Å². The largest absolute Gasteiger partial charge is 0.448 e. The predicted molar refractivity (Wildman–Crippen MR) is 139 cm³/mol. The van der Waals surface area contributed by atoms with Crippen LogP contribution in [0.25, 0.3) is 0 Å². The Bertz CT molecular complexity index is 1120.